The molecule has 0 aliphatic rings. The van der Waals surface area contributed by atoms with E-state index in [0.717, 1.165) is 22.6 Å². The number of para-hydroxylation sites is 1. The highest BCUT2D eigenvalue weighted by Gasteiger charge is 2.18. The van der Waals surface area contributed by atoms with E-state index in [4.69, 9.17) is 9.47 Å². The molecule has 2 rings (SSSR count). The van der Waals surface area contributed by atoms with Gasteiger partial charge in [0.15, 0.2) is 6.10 Å². The molecule has 3 nitrogen and oxygen atoms in total. The van der Waals surface area contributed by atoms with Crippen LogP contribution < -0.4 is 9.47 Å². The molecule has 21 heavy (non-hydrogen) atoms. The fourth-order valence-corrected chi connectivity index (χ4v) is 2.21. The summed E-state index contributed by atoms with van der Waals surface area (Å²) in [7, 11) is 1.60. The zero-order valence-electron chi connectivity index (χ0n) is 12.8. The molecule has 0 N–H and O–H groups in total. The van der Waals surface area contributed by atoms with Crippen LogP contribution in [0.25, 0.3) is 0 Å². The summed E-state index contributed by atoms with van der Waals surface area (Å²) in [4.78, 5) is 12.4. The topological polar surface area (TPSA) is 35.5 Å². The minimum atomic E-state index is -0.529. The van der Waals surface area contributed by atoms with Crippen LogP contribution in [0.2, 0.25) is 0 Å². The third kappa shape index (κ3) is 3.43. The zero-order valence-corrected chi connectivity index (χ0v) is 12.8. The smallest absolute Gasteiger partial charge is 0.202 e. The summed E-state index contributed by atoms with van der Waals surface area (Å²) in [5, 5.41) is 0. The Morgan fingerprint density at radius 3 is 2.10 bits per heavy atom. The molecule has 0 unspecified atom stereocenters. The normalized spacial score (nSPS) is 11.8. The van der Waals surface area contributed by atoms with Gasteiger partial charge in [-0.2, -0.15) is 0 Å². The molecular weight excluding hydrogens is 264 g/mol. The lowest BCUT2D eigenvalue weighted by atomic mass is 10.1. The monoisotopic (exact) mass is 284 g/mol. The van der Waals surface area contributed by atoms with E-state index in [0.29, 0.717) is 5.56 Å². The van der Waals surface area contributed by atoms with Crippen molar-refractivity contribution in [2.24, 2.45) is 0 Å². The minimum absolute atomic E-state index is 0.0414. The fraction of sp³-hybridized carbons (Fsp3) is 0.278. The summed E-state index contributed by atoms with van der Waals surface area (Å²) in [6.07, 6.45) is -0.529. The predicted molar refractivity (Wildman–Crippen MR) is 83.3 cm³/mol. The van der Waals surface area contributed by atoms with Crippen molar-refractivity contribution in [3.8, 4) is 11.5 Å². The summed E-state index contributed by atoms with van der Waals surface area (Å²) in [5.74, 6) is 1.47. The maximum atomic E-state index is 12.4. The summed E-state index contributed by atoms with van der Waals surface area (Å²) in [6, 6.07) is 13.0. The third-order valence-corrected chi connectivity index (χ3v) is 3.45. The Labute approximate surface area is 125 Å². The first-order chi connectivity index (χ1) is 10.0. The Balaban J connectivity index is 2.15. The molecule has 2 aromatic rings. The number of hydrogen-bond acceptors (Lipinski definition) is 3. The van der Waals surface area contributed by atoms with Gasteiger partial charge in [-0.05, 0) is 56.2 Å². The van der Waals surface area contributed by atoms with Crippen LogP contribution in [0.15, 0.2) is 42.5 Å². The second kappa shape index (κ2) is 6.44. The number of hydrogen-bond donors (Lipinski definition) is 0. The number of benzene rings is 2. The standard InChI is InChI=1S/C18H20O3/c1-12-6-5-7-13(2)18(12)21-14(3)17(19)15-8-10-16(20-4)11-9-15/h5-11,14H,1-4H3/t14-/m1/s1. The Morgan fingerprint density at radius 1 is 1.00 bits per heavy atom. The van der Waals surface area contributed by atoms with Crippen molar-refractivity contribution < 1.29 is 14.3 Å². The van der Waals surface area contributed by atoms with E-state index in [2.05, 4.69) is 0 Å². The quantitative estimate of drug-likeness (QED) is 0.780. The molecule has 0 saturated carbocycles. The van der Waals surface area contributed by atoms with Crippen LogP contribution in [0.3, 0.4) is 0 Å². The summed E-state index contributed by atoms with van der Waals surface area (Å²) < 4.78 is 11.0. The number of methoxy groups -OCH3 is 1. The molecule has 0 saturated heterocycles. The van der Waals surface area contributed by atoms with Crippen LogP contribution >= 0.6 is 0 Å². The Hall–Kier alpha value is -2.29. The van der Waals surface area contributed by atoms with Crippen molar-refractivity contribution in [1.29, 1.82) is 0 Å². The van der Waals surface area contributed by atoms with Gasteiger partial charge in [0.2, 0.25) is 5.78 Å². The lowest BCUT2D eigenvalue weighted by Gasteiger charge is -2.17. The fourth-order valence-electron chi connectivity index (χ4n) is 2.21. The van der Waals surface area contributed by atoms with Crippen LogP contribution in [0.4, 0.5) is 0 Å². The zero-order chi connectivity index (χ0) is 15.4. The second-order valence-corrected chi connectivity index (χ2v) is 5.07. The molecule has 0 radical (unpaired) electrons. The van der Waals surface area contributed by atoms with E-state index in [1.165, 1.54) is 0 Å². The van der Waals surface area contributed by atoms with Crippen molar-refractivity contribution in [3.05, 3.63) is 59.2 Å². The molecule has 0 amide bonds. The Kier molecular flexibility index (Phi) is 4.63. The molecule has 2 aromatic carbocycles. The van der Waals surface area contributed by atoms with Gasteiger partial charge in [0.25, 0.3) is 0 Å². The average molecular weight is 284 g/mol. The molecule has 0 bridgehead atoms. The van der Waals surface area contributed by atoms with Crippen molar-refractivity contribution in [3.63, 3.8) is 0 Å². The number of Topliss-reactive ketones (excluding diaryl/α,β-unsaturated/α-hetero) is 1. The second-order valence-electron chi connectivity index (χ2n) is 5.07. The number of rotatable bonds is 5. The van der Waals surface area contributed by atoms with E-state index in [1.807, 2.05) is 32.0 Å². The Bertz CT molecular complexity index is 609. The van der Waals surface area contributed by atoms with E-state index in [1.54, 1.807) is 38.3 Å². The predicted octanol–water partition coefficient (Wildman–Crippen LogP) is 3.96. The number of carbonyl (C=O) groups excluding carboxylic acids is 1. The molecular formula is C18H20O3. The summed E-state index contributed by atoms with van der Waals surface area (Å²) in [6.45, 7) is 5.73. The summed E-state index contributed by atoms with van der Waals surface area (Å²) >= 11 is 0. The minimum Gasteiger partial charge on any atom is -0.497 e. The summed E-state index contributed by atoms with van der Waals surface area (Å²) in [5.41, 5.74) is 2.68. The lowest BCUT2D eigenvalue weighted by Crippen LogP contribution is -2.24. The van der Waals surface area contributed by atoms with Crippen molar-refractivity contribution in [2.75, 3.05) is 7.11 Å². The molecule has 0 aliphatic carbocycles. The molecule has 0 heterocycles. The molecule has 0 aliphatic heterocycles. The van der Waals surface area contributed by atoms with Gasteiger partial charge in [-0.3, -0.25) is 4.79 Å². The van der Waals surface area contributed by atoms with Crippen molar-refractivity contribution in [2.45, 2.75) is 26.9 Å². The van der Waals surface area contributed by atoms with Crippen LogP contribution in [-0.4, -0.2) is 19.0 Å². The number of aryl methyl sites for hydroxylation is 2. The van der Waals surface area contributed by atoms with Crippen molar-refractivity contribution >= 4 is 5.78 Å². The van der Waals surface area contributed by atoms with E-state index < -0.39 is 6.10 Å². The highest BCUT2D eigenvalue weighted by molar-refractivity contribution is 5.99. The first-order valence-corrected chi connectivity index (χ1v) is 6.94. The number of ketones is 1. The van der Waals surface area contributed by atoms with Gasteiger partial charge in [0.1, 0.15) is 11.5 Å². The largest absolute Gasteiger partial charge is 0.497 e. The molecule has 0 spiro atoms. The van der Waals surface area contributed by atoms with E-state index in [-0.39, 0.29) is 5.78 Å². The van der Waals surface area contributed by atoms with Gasteiger partial charge in [0, 0.05) is 5.56 Å². The van der Waals surface area contributed by atoms with E-state index in [9.17, 15) is 4.79 Å². The van der Waals surface area contributed by atoms with E-state index >= 15 is 0 Å². The Morgan fingerprint density at radius 2 is 1.57 bits per heavy atom. The molecule has 1 atom stereocenters. The highest BCUT2D eigenvalue weighted by Crippen LogP contribution is 2.24. The van der Waals surface area contributed by atoms with Gasteiger partial charge in [-0.1, -0.05) is 18.2 Å². The SMILES string of the molecule is COc1ccc(C(=O)[C@@H](C)Oc2c(C)cccc2C)cc1. The maximum absolute atomic E-state index is 12.4. The van der Waals surface area contributed by atoms with Gasteiger partial charge in [-0.15, -0.1) is 0 Å². The molecule has 0 fully saturated rings. The molecule has 110 valence electrons. The van der Waals surface area contributed by atoms with Crippen LogP contribution in [0.5, 0.6) is 11.5 Å². The maximum Gasteiger partial charge on any atom is 0.202 e. The van der Waals surface area contributed by atoms with Crippen LogP contribution in [-0.2, 0) is 0 Å². The first kappa shape index (κ1) is 15.1. The third-order valence-electron chi connectivity index (χ3n) is 3.45. The van der Waals surface area contributed by atoms with Gasteiger partial charge in [-0.25, -0.2) is 0 Å². The number of ether oxygens (including phenoxy) is 2. The highest BCUT2D eigenvalue weighted by atomic mass is 16.5. The first-order valence-electron chi connectivity index (χ1n) is 6.94. The molecule has 0 aromatic heterocycles. The molecule has 3 heteroatoms. The average Bonchev–Trinajstić information content (AvgIpc) is 2.50. The van der Waals surface area contributed by atoms with Gasteiger partial charge in [0.05, 0.1) is 7.11 Å². The lowest BCUT2D eigenvalue weighted by molar-refractivity contribution is 0.0816. The van der Waals surface area contributed by atoms with Crippen molar-refractivity contribution in [1.82, 2.24) is 0 Å². The van der Waals surface area contributed by atoms with Gasteiger partial charge >= 0.3 is 0 Å². The van der Waals surface area contributed by atoms with Crippen LogP contribution in [0.1, 0.15) is 28.4 Å². The number of carbonyl (C=O) groups is 1. The van der Waals surface area contributed by atoms with Gasteiger partial charge < -0.3 is 9.47 Å². The van der Waals surface area contributed by atoms with Crippen LogP contribution in [0, 0.1) is 13.8 Å².